The molecule has 4 rings (SSSR count). The van der Waals surface area contributed by atoms with Gasteiger partial charge < -0.3 is 32.9 Å². The average molecular weight is 8330 g/mol. The molecule has 0 spiro atoms. The van der Waals surface area contributed by atoms with Crippen molar-refractivity contribution < 1.29 is 831 Å². The predicted molar refractivity (Wildman–Crippen MR) is 387 cm³/mol. The molecule has 5 nitrogen and oxygen atoms in total. The number of para-hydroxylation sites is 1. The Balaban J connectivity index is -0.00000000857. The van der Waals surface area contributed by atoms with Gasteiger partial charge in [0.1, 0.15) is 5.78 Å². The first kappa shape index (κ1) is 341. The number of rotatable bonds is 14. The fraction of sp³-hybridized carbons (Fsp3) is 0.720. The van der Waals surface area contributed by atoms with E-state index in [1.54, 1.807) is 6.92 Å². The van der Waals surface area contributed by atoms with Crippen molar-refractivity contribution in [2.45, 2.75) is 330 Å². The van der Waals surface area contributed by atoms with Gasteiger partial charge in [-0.15, -0.1) is 12.1 Å². The van der Waals surface area contributed by atoms with Crippen molar-refractivity contribution in [2.75, 3.05) is 5.75 Å². The van der Waals surface area contributed by atoms with Crippen LogP contribution in [0.4, 0.5) is 0 Å². The Bertz CT molecular complexity index is 1620. The van der Waals surface area contributed by atoms with Gasteiger partial charge in [0.05, 0.1) is 0 Å². The minimum absolute atomic E-state index is 0. The number of hydrogen-bond donors (Lipinski definition) is 0. The zero-order chi connectivity index (χ0) is 66.3. The van der Waals surface area contributed by atoms with Gasteiger partial charge in [-0.3, -0.25) is 4.99 Å². The third-order valence-corrected chi connectivity index (χ3v) is 9.10. The fourth-order valence-corrected chi connectivity index (χ4v) is 3.77. The van der Waals surface area contributed by atoms with E-state index in [0.717, 1.165) is 86.3 Å². The standard InChI is InChI=1S/C10H10N.C8H10.C7H14.C6H9N.C5H10O.2C5H12.C4H9NO.3C4H10.C3H8S.2C3H8.2C2H6.39W/c1-2-8-7-11-10-6-4-3-5-9(8)10;1-2-8-6-4-3-5-7-8;1-4-5-6-7(2)3;1-2-6-4-3-5-7-6;1-3-4-5(2)6;2*1-4-5(2)3;1-2-3-4(5)6;2*1-4(2)3;1-3-4-2;1-2-3-4;2*1-3-2;2*1-2;;;;;;;;;;;;;;;;;;;;;;;;;;;;;;;;;;;;;;;/h3-7H,2H2,1H3;3-7H,2H2,1H3;2,4-6H2,1,3H3;4-5H,2-3H2,1H3;3-4H2,1-2H3;2*5H,4H2,1-3H3;2-3H2,1H3,(H2,5,6);2*4H,1-3H3;3-4H2,1-2H3;4H,2-3H2,1H3;2*3H2,1-2H3;2*1-2H3;;;;;;;;;;;;;;;;;;;;;;;;;;;;;;;;;;;;;;;/q-1;;;;;;;;;;;;;;;;;;;;;;;;;;;;;;;;;;;;;;;;;;;;;;;;;;;;;;/p-2. The first-order chi connectivity index (χ1) is 38.2. The first-order valence-electron chi connectivity index (χ1n) is 33.0. The van der Waals surface area contributed by atoms with E-state index in [9.17, 15) is 9.59 Å². The molecular weight excluding hydrogens is 8180 g/mol. The van der Waals surface area contributed by atoms with Crippen LogP contribution in [0, 0.1) is 23.7 Å². The molecule has 720 valence electrons. The molecule has 1 aliphatic heterocycles. The molecule has 3 aromatic rings. The molecule has 0 saturated carbocycles. The van der Waals surface area contributed by atoms with E-state index in [1.807, 2.05) is 66.1 Å². The van der Waals surface area contributed by atoms with Gasteiger partial charge in [-0.2, -0.15) is 11.9 Å². The number of amides is 1. The van der Waals surface area contributed by atoms with Crippen LogP contribution in [0.15, 0.2) is 89.7 Å². The zero-order valence-corrected chi connectivity index (χ0v) is 192. The number of fused-ring (bicyclic) bond motifs is 1. The van der Waals surface area contributed by atoms with Crippen molar-refractivity contribution in [3.8, 4) is 0 Å². The van der Waals surface area contributed by atoms with Crippen LogP contribution < -0.4 is 4.98 Å². The van der Waals surface area contributed by atoms with Crippen LogP contribution in [0.25, 0.3) is 16.6 Å². The van der Waals surface area contributed by atoms with Crippen LogP contribution in [0.1, 0.15) is 328 Å². The van der Waals surface area contributed by atoms with E-state index in [2.05, 4.69) is 244 Å². The van der Waals surface area contributed by atoms with Crippen LogP contribution >= 0.6 is 0 Å². The fourth-order valence-electron chi connectivity index (χ4n) is 3.77. The summed E-state index contributed by atoms with van der Waals surface area (Å²) >= 11 is 4.55. The number of hydrogen-bond acceptors (Lipinski definition) is 4. The van der Waals surface area contributed by atoms with Crippen molar-refractivity contribution in [3.05, 3.63) is 102 Å². The molecule has 0 fully saturated rings. The summed E-state index contributed by atoms with van der Waals surface area (Å²) in [7, 11) is 0. The molecule has 2 aromatic carbocycles. The Morgan fingerprint density at radius 3 is 0.775 bits per heavy atom. The van der Waals surface area contributed by atoms with Crippen LogP contribution in [-0.2, 0) is 857 Å². The molecule has 0 aliphatic carbocycles. The first-order valence-corrected chi connectivity index (χ1v) is 33.5. The minimum atomic E-state index is -0.461. The van der Waals surface area contributed by atoms with Gasteiger partial charge in [0, 0.05) is 852 Å². The Morgan fingerprint density at radius 1 is 0.392 bits per heavy atom. The van der Waals surface area contributed by atoms with Crippen molar-refractivity contribution in [3.63, 3.8) is 0 Å². The van der Waals surface area contributed by atoms with Gasteiger partial charge in [-0.25, -0.2) is 0 Å². The number of carbonyl (C=O) groups excluding carboxylic acids is 2. The Morgan fingerprint density at radius 2 is 0.650 bits per heavy atom. The number of nitrogens with one attached hydrogen (secondary N) is 1. The van der Waals surface area contributed by atoms with Crippen LogP contribution in [0.3, 0.4) is 0 Å². The van der Waals surface area contributed by atoms with Gasteiger partial charge in [0.25, 0.3) is 0 Å². The number of benzene rings is 2. The third-order valence-electron chi connectivity index (χ3n) is 8.69. The van der Waals surface area contributed by atoms with Crippen molar-refractivity contribution in [2.24, 2.45) is 28.7 Å². The summed E-state index contributed by atoms with van der Waals surface area (Å²) in [4.78, 5) is 28.1. The molecule has 1 aliphatic rings. The molecule has 2 heterocycles. The summed E-state index contributed by atoms with van der Waals surface area (Å²) in [5, 5.41) is 1.30. The number of allylic oxidation sites excluding steroid dienone is 3. The molecule has 45 heteroatoms. The molecule has 0 bridgehead atoms. The number of nitrogens with zero attached hydrogens (tertiary/aromatic N) is 2. The molecule has 120 heavy (non-hydrogen) atoms. The van der Waals surface area contributed by atoms with Crippen molar-refractivity contribution in [1.29, 1.82) is 0 Å². The molecule has 0 unspecified atom stereocenters. The number of ketones is 1. The number of aliphatic imine (C=N–C) groups is 1. The maximum absolute atomic E-state index is 10.0. The normalized spacial score (nSPS) is 6.25. The second-order valence-corrected chi connectivity index (χ2v) is 21.4. The average Bonchev–Trinajstić information content (AvgIpc) is 1.71. The minimum Gasteiger partial charge on any atom is -0.793 e. The topological polar surface area (TPSA) is 84.4 Å². The predicted octanol–water partition coefficient (Wildman–Crippen LogP) is 26.8. The summed E-state index contributed by atoms with van der Waals surface area (Å²) in [5.41, 5.74) is 12.8. The summed E-state index contributed by atoms with van der Waals surface area (Å²) < 4.78 is 0. The van der Waals surface area contributed by atoms with E-state index in [-0.39, 0.29) is 827 Å². The summed E-state index contributed by atoms with van der Waals surface area (Å²) in [6.07, 6.45) is 26.0. The van der Waals surface area contributed by atoms with E-state index in [0.29, 0.717) is 6.42 Å². The monoisotopic (exact) mass is 8330 g/mol. The van der Waals surface area contributed by atoms with E-state index < -0.39 is 5.91 Å². The second-order valence-electron chi connectivity index (χ2n) is 21.0. The third kappa shape index (κ3) is 431. The van der Waals surface area contributed by atoms with Crippen LogP contribution in [0.2, 0.25) is 0 Å². The largest absolute Gasteiger partial charge is 0.793 e. The maximum Gasteiger partial charge on any atom is 0.129 e. The van der Waals surface area contributed by atoms with E-state index >= 15 is 0 Å². The zero-order valence-electron chi connectivity index (χ0n) is 76.9. The molecule has 1 aromatic heterocycles. The van der Waals surface area contributed by atoms with Crippen LogP contribution in [0.5, 0.6) is 0 Å². The molecule has 0 radical (unpaired) electrons. The number of aryl methyl sites for hydroxylation is 2. The van der Waals surface area contributed by atoms with E-state index in [4.69, 9.17) is 5.73 Å². The van der Waals surface area contributed by atoms with Gasteiger partial charge in [0.15, 0.2) is 0 Å². The van der Waals surface area contributed by atoms with Crippen molar-refractivity contribution >= 4 is 41.4 Å². The van der Waals surface area contributed by atoms with Gasteiger partial charge >= 0.3 is 0 Å². The summed E-state index contributed by atoms with van der Waals surface area (Å²) in [6, 6.07) is 18.7. The quantitative estimate of drug-likeness (QED) is 0.119. The van der Waals surface area contributed by atoms with E-state index in [1.165, 1.54) is 85.6 Å². The maximum atomic E-state index is 10.0. The SMILES string of the molecule is C=C(C)CCCC.CC.CC.CC(C)C.CC(C)C.CCC.CCC.CCC(C)C.CCC(C)C.CCC1=CCC=N1.CCCC.CCCC(C)=O.CCCC([NH-])=O.CCC[S-].CCc1c[n-]c2ccccc12.CCc1ccccc1.[W].[W].[W].[W].[W].[W].[W].[W].[W].[W].[W].[W].[W].[W].[W].[W].[W].[W].[W].[W].[W].[W].[W].[W].[W].[W].[W].[W].[W].[W].[W].[W].[W].[W].[W].[W].[W].[W].[W]. The molecule has 0 atom stereocenters. The molecular formula is C75H150N3O2SW39-3. The van der Waals surface area contributed by atoms with Crippen LogP contribution in [-0.4, -0.2) is 23.7 Å². The Hall–Kier alpha value is 23.5. The van der Waals surface area contributed by atoms with Gasteiger partial charge in [-0.05, 0) is 93.4 Å². The molecule has 1 N–H and O–H groups in total. The van der Waals surface area contributed by atoms with Gasteiger partial charge in [0.2, 0.25) is 0 Å². The summed E-state index contributed by atoms with van der Waals surface area (Å²) in [5.74, 6) is 4.17. The van der Waals surface area contributed by atoms with Gasteiger partial charge in [-0.1, -0.05) is 330 Å². The molecule has 0 saturated heterocycles. The molecule has 1 amide bonds. The smallest absolute Gasteiger partial charge is 0.129 e. The number of unbranched alkanes of at least 4 members (excludes halogenated alkanes) is 2. The Labute approximate surface area is 1310 Å². The number of Topliss-reactive ketones (excluding diaryl/α,β-unsaturated/α-hetero) is 1. The number of aromatic nitrogens is 1. The Kier molecular flexibility index (Phi) is 946. The second kappa shape index (κ2) is 333. The summed E-state index contributed by atoms with van der Waals surface area (Å²) in [6.45, 7) is 69.2. The van der Waals surface area contributed by atoms with Crippen molar-refractivity contribution in [1.82, 2.24) is 4.98 Å². The number of carbonyl (C=O) groups is 2.